The third-order valence-corrected chi connectivity index (χ3v) is 3.12. The van der Waals surface area contributed by atoms with Gasteiger partial charge in [-0.2, -0.15) is 4.98 Å². The fraction of sp³-hybridized carbons (Fsp3) is 0.750. The van der Waals surface area contributed by atoms with Crippen LogP contribution in [-0.2, 0) is 11.3 Å². The van der Waals surface area contributed by atoms with Crippen molar-refractivity contribution in [3.63, 3.8) is 0 Å². The second-order valence-corrected chi connectivity index (χ2v) is 5.05. The largest absolute Gasteiger partial charge is 0.338 e. The summed E-state index contributed by atoms with van der Waals surface area (Å²) in [6.45, 7) is 8.28. The fourth-order valence-corrected chi connectivity index (χ4v) is 2.00. The maximum atomic E-state index is 11.4. The highest BCUT2D eigenvalue weighted by atomic mass is 16.5. The van der Waals surface area contributed by atoms with Crippen molar-refractivity contribution >= 4 is 5.78 Å². The lowest BCUT2D eigenvalue weighted by atomic mass is 9.99. The number of carbonyl (C=O) groups excluding carboxylic acids is 1. The van der Waals surface area contributed by atoms with E-state index in [2.05, 4.69) is 15.0 Å². The molecule has 1 aromatic rings. The smallest absolute Gasteiger partial charge is 0.240 e. The lowest BCUT2D eigenvalue weighted by molar-refractivity contribution is -0.125. The molecule has 1 unspecified atom stereocenters. The monoisotopic (exact) mass is 237 g/mol. The van der Waals surface area contributed by atoms with Gasteiger partial charge in [0.15, 0.2) is 5.82 Å². The minimum atomic E-state index is 0.122. The van der Waals surface area contributed by atoms with Crippen LogP contribution in [0.2, 0.25) is 0 Å². The zero-order valence-electron chi connectivity index (χ0n) is 10.6. The van der Waals surface area contributed by atoms with E-state index in [9.17, 15) is 4.79 Å². The topological polar surface area (TPSA) is 59.2 Å². The molecule has 0 aromatic carbocycles. The maximum Gasteiger partial charge on any atom is 0.240 e. The predicted octanol–water partition coefficient (Wildman–Crippen LogP) is 1.60. The number of likely N-dealkylation sites (tertiary alicyclic amines) is 1. The van der Waals surface area contributed by atoms with E-state index in [1.807, 2.05) is 20.8 Å². The van der Waals surface area contributed by atoms with Gasteiger partial charge in [-0.25, -0.2) is 0 Å². The van der Waals surface area contributed by atoms with Gasteiger partial charge in [-0.1, -0.05) is 25.9 Å². The number of ketones is 1. The van der Waals surface area contributed by atoms with E-state index in [0.717, 1.165) is 18.9 Å². The third-order valence-electron chi connectivity index (χ3n) is 3.12. The van der Waals surface area contributed by atoms with Gasteiger partial charge in [0, 0.05) is 31.3 Å². The molecule has 5 heteroatoms. The van der Waals surface area contributed by atoms with Crippen LogP contribution in [0.5, 0.6) is 0 Å². The van der Waals surface area contributed by atoms with E-state index in [1.165, 1.54) is 0 Å². The molecular formula is C12H19N3O2. The van der Waals surface area contributed by atoms with Gasteiger partial charge in [-0.05, 0) is 0 Å². The van der Waals surface area contributed by atoms with Crippen LogP contribution in [0.3, 0.4) is 0 Å². The van der Waals surface area contributed by atoms with Crippen LogP contribution in [0.25, 0.3) is 0 Å². The summed E-state index contributed by atoms with van der Waals surface area (Å²) < 4.78 is 5.20. The molecule has 17 heavy (non-hydrogen) atoms. The van der Waals surface area contributed by atoms with E-state index in [4.69, 9.17) is 4.52 Å². The normalized spacial score (nSPS) is 22.4. The molecule has 2 rings (SSSR count). The van der Waals surface area contributed by atoms with Crippen LogP contribution >= 0.6 is 0 Å². The Balaban J connectivity index is 1.94. The van der Waals surface area contributed by atoms with E-state index in [-0.39, 0.29) is 11.8 Å². The second kappa shape index (κ2) is 4.96. The average molecular weight is 237 g/mol. The predicted molar refractivity (Wildman–Crippen MR) is 62.5 cm³/mol. The van der Waals surface area contributed by atoms with Crippen LogP contribution in [0.1, 0.15) is 44.8 Å². The van der Waals surface area contributed by atoms with Crippen molar-refractivity contribution in [1.82, 2.24) is 15.0 Å². The summed E-state index contributed by atoms with van der Waals surface area (Å²) in [5.74, 6) is 2.16. The Kier molecular flexibility index (Phi) is 3.57. The number of rotatable bonds is 3. The van der Waals surface area contributed by atoms with Crippen molar-refractivity contribution in [1.29, 1.82) is 0 Å². The van der Waals surface area contributed by atoms with Gasteiger partial charge in [0.2, 0.25) is 5.89 Å². The summed E-state index contributed by atoms with van der Waals surface area (Å²) in [5, 5.41) is 3.94. The van der Waals surface area contributed by atoms with Crippen molar-refractivity contribution in [2.24, 2.45) is 5.92 Å². The molecule has 0 N–H and O–H groups in total. The molecule has 0 spiro atoms. The SMILES string of the molecule is CC1CN(Cc2nc(C(C)C)no2)CCC1=O. The molecule has 1 aromatic heterocycles. The molecule has 0 bridgehead atoms. The minimum absolute atomic E-state index is 0.122. The highest BCUT2D eigenvalue weighted by molar-refractivity contribution is 5.81. The van der Waals surface area contributed by atoms with Gasteiger partial charge in [0.25, 0.3) is 0 Å². The Bertz CT molecular complexity index is 400. The number of hydrogen-bond acceptors (Lipinski definition) is 5. The molecule has 5 nitrogen and oxygen atoms in total. The molecule has 0 amide bonds. The van der Waals surface area contributed by atoms with Crippen molar-refractivity contribution < 1.29 is 9.32 Å². The maximum absolute atomic E-state index is 11.4. The lowest BCUT2D eigenvalue weighted by Crippen LogP contribution is -2.39. The highest BCUT2D eigenvalue weighted by Gasteiger charge is 2.24. The van der Waals surface area contributed by atoms with Gasteiger partial charge < -0.3 is 4.52 Å². The number of carbonyl (C=O) groups is 1. The molecule has 2 heterocycles. The zero-order valence-corrected chi connectivity index (χ0v) is 10.6. The molecule has 94 valence electrons. The first-order chi connectivity index (χ1) is 8.06. The number of piperidine rings is 1. The summed E-state index contributed by atoms with van der Waals surface area (Å²) >= 11 is 0. The molecule has 1 aliphatic rings. The van der Waals surface area contributed by atoms with Gasteiger partial charge in [-0.3, -0.25) is 9.69 Å². The molecule has 1 atom stereocenters. The van der Waals surface area contributed by atoms with E-state index >= 15 is 0 Å². The standard InChI is InChI=1S/C12H19N3O2/c1-8(2)12-13-11(17-14-12)7-15-5-4-10(16)9(3)6-15/h8-9H,4-7H2,1-3H3. The van der Waals surface area contributed by atoms with Crippen molar-refractivity contribution in [2.75, 3.05) is 13.1 Å². The summed E-state index contributed by atoms with van der Waals surface area (Å²) in [6, 6.07) is 0. The summed E-state index contributed by atoms with van der Waals surface area (Å²) in [5.41, 5.74) is 0. The van der Waals surface area contributed by atoms with Crippen LogP contribution in [0, 0.1) is 5.92 Å². The van der Waals surface area contributed by atoms with E-state index in [0.29, 0.717) is 24.6 Å². The van der Waals surface area contributed by atoms with Gasteiger partial charge in [0.1, 0.15) is 5.78 Å². The number of Topliss-reactive ketones (excluding diaryl/α,β-unsaturated/α-hetero) is 1. The van der Waals surface area contributed by atoms with Gasteiger partial charge in [0.05, 0.1) is 6.54 Å². The molecule has 1 aliphatic heterocycles. The first-order valence-corrected chi connectivity index (χ1v) is 6.14. The first kappa shape index (κ1) is 12.2. The first-order valence-electron chi connectivity index (χ1n) is 6.14. The molecule has 1 saturated heterocycles. The van der Waals surface area contributed by atoms with Gasteiger partial charge >= 0.3 is 0 Å². The Morgan fingerprint density at radius 3 is 2.88 bits per heavy atom. The van der Waals surface area contributed by atoms with Crippen LogP contribution in [0.4, 0.5) is 0 Å². The molecule has 1 fully saturated rings. The zero-order chi connectivity index (χ0) is 12.4. The molecule has 0 saturated carbocycles. The lowest BCUT2D eigenvalue weighted by Gasteiger charge is -2.28. The minimum Gasteiger partial charge on any atom is -0.338 e. The summed E-state index contributed by atoms with van der Waals surface area (Å²) in [4.78, 5) is 17.9. The van der Waals surface area contributed by atoms with Crippen LogP contribution < -0.4 is 0 Å². The molecule has 0 radical (unpaired) electrons. The summed E-state index contributed by atoms with van der Waals surface area (Å²) in [7, 11) is 0. The van der Waals surface area contributed by atoms with Crippen molar-refractivity contribution in [2.45, 2.75) is 39.7 Å². The fourth-order valence-electron chi connectivity index (χ4n) is 2.00. The average Bonchev–Trinajstić information content (AvgIpc) is 2.72. The number of nitrogens with zero attached hydrogens (tertiary/aromatic N) is 3. The van der Waals surface area contributed by atoms with Crippen LogP contribution in [-0.4, -0.2) is 33.9 Å². The molecule has 0 aliphatic carbocycles. The summed E-state index contributed by atoms with van der Waals surface area (Å²) in [6.07, 6.45) is 0.631. The van der Waals surface area contributed by atoms with E-state index in [1.54, 1.807) is 0 Å². The molecular weight excluding hydrogens is 218 g/mol. The second-order valence-electron chi connectivity index (χ2n) is 5.05. The number of aromatic nitrogens is 2. The Hall–Kier alpha value is -1.23. The Morgan fingerprint density at radius 2 is 2.29 bits per heavy atom. The Morgan fingerprint density at radius 1 is 1.53 bits per heavy atom. The van der Waals surface area contributed by atoms with Crippen molar-refractivity contribution in [3.8, 4) is 0 Å². The Labute approximate surface area is 101 Å². The van der Waals surface area contributed by atoms with Crippen molar-refractivity contribution in [3.05, 3.63) is 11.7 Å². The van der Waals surface area contributed by atoms with Crippen LogP contribution in [0.15, 0.2) is 4.52 Å². The third kappa shape index (κ3) is 2.91. The number of hydrogen-bond donors (Lipinski definition) is 0. The quantitative estimate of drug-likeness (QED) is 0.799. The highest BCUT2D eigenvalue weighted by Crippen LogP contribution is 2.16. The van der Waals surface area contributed by atoms with E-state index < -0.39 is 0 Å². The van der Waals surface area contributed by atoms with Gasteiger partial charge in [-0.15, -0.1) is 0 Å².